The summed E-state index contributed by atoms with van der Waals surface area (Å²) in [6, 6.07) is 4.39. The predicted molar refractivity (Wildman–Crippen MR) is 108 cm³/mol. The molecule has 1 aromatic carbocycles. The maximum absolute atomic E-state index is 13.1. The van der Waals surface area contributed by atoms with E-state index in [0.29, 0.717) is 15.2 Å². The average Bonchev–Trinajstić information content (AvgIpc) is 3.00. The second kappa shape index (κ2) is 7.24. The number of hydrogen-bond acceptors (Lipinski definition) is 5. The third kappa shape index (κ3) is 3.86. The lowest BCUT2D eigenvalue weighted by Crippen LogP contribution is -2.40. The van der Waals surface area contributed by atoms with Crippen LogP contribution in [0.4, 0.5) is 13.2 Å². The summed E-state index contributed by atoms with van der Waals surface area (Å²) in [6.45, 7) is 5.38. The van der Waals surface area contributed by atoms with E-state index in [4.69, 9.17) is 11.6 Å². The van der Waals surface area contributed by atoms with Gasteiger partial charge >= 0.3 is 16.7 Å². The van der Waals surface area contributed by atoms with Gasteiger partial charge < -0.3 is 0 Å². The van der Waals surface area contributed by atoms with Crippen LogP contribution in [-0.2, 0) is 18.8 Å². The van der Waals surface area contributed by atoms with Gasteiger partial charge in [0.05, 0.1) is 16.2 Å². The SMILES string of the molecule is Cn1c(C(F)(F)F)cc(=O)n(-c2ccc(Cl)c(-c3nn(C(C)(C)C)c(=O)s3)c2)c1=O. The molecule has 3 rings (SSSR count). The smallest absolute Gasteiger partial charge is 0.292 e. The quantitative estimate of drug-likeness (QED) is 0.588. The normalized spacial score (nSPS) is 12.4. The van der Waals surface area contributed by atoms with E-state index < -0.39 is 28.7 Å². The van der Waals surface area contributed by atoms with Gasteiger partial charge in [-0.25, -0.2) is 14.0 Å². The second-order valence-corrected chi connectivity index (χ2v) is 8.81. The van der Waals surface area contributed by atoms with E-state index in [2.05, 4.69) is 5.10 Å². The van der Waals surface area contributed by atoms with Crippen molar-refractivity contribution in [3.63, 3.8) is 0 Å². The molecule has 12 heteroatoms. The van der Waals surface area contributed by atoms with Crippen molar-refractivity contribution in [1.82, 2.24) is 18.9 Å². The van der Waals surface area contributed by atoms with E-state index >= 15 is 0 Å². The Hall–Kier alpha value is -2.66. The predicted octanol–water partition coefficient (Wildman–Crippen LogP) is 3.25. The van der Waals surface area contributed by atoms with E-state index in [9.17, 15) is 27.6 Å². The summed E-state index contributed by atoms with van der Waals surface area (Å²) in [6.07, 6.45) is -4.86. The van der Waals surface area contributed by atoms with Gasteiger partial charge in [-0.15, -0.1) is 0 Å². The Morgan fingerprint density at radius 3 is 2.23 bits per heavy atom. The first kappa shape index (κ1) is 22.0. The molecule has 0 aliphatic rings. The zero-order chi connectivity index (χ0) is 22.6. The molecule has 2 heterocycles. The van der Waals surface area contributed by atoms with Crippen molar-refractivity contribution < 1.29 is 13.2 Å². The molecule has 30 heavy (non-hydrogen) atoms. The number of halogens is 4. The molecule has 0 fully saturated rings. The van der Waals surface area contributed by atoms with E-state index in [0.717, 1.165) is 18.4 Å². The van der Waals surface area contributed by atoms with Crippen LogP contribution in [0.2, 0.25) is 5.02 Å². The molecule has 0 amide bonds. The number of rotatable bonds is 2. The van der Waals surface area contributed by atoms with Crippen molar-refractivity contribution in [3.05, 3.63) is 65.5 Å². The zero-order valence-electron chi connectivity index (χ0n) is 16.2. The molecule has 0 bridgehead atoms. The topological polar surface area (TPSA) is 78.9 Å². The molecule has 0 saturated heterocycles. The Labute approximate surface area is 176 Å². The summed E-state index contributed by atoms with van der Waals surface area (Å²) in [5, 5.41) is 4.72. The Morgan fingerprint density at radius 1 is 1.07 bits per heavy atom. The lowest BCUT2D eigenvalue weighted by Gasteiger charge is -2.17. The molecule has 0 saturated carbocycles. The summed E-state index contributed by atoms with van der Waals surface area (Å²) in [7, 11) is 0.925. The Bertz CT molecular complexity index is 1310. The van der Waals surface area contributed by atoms with Gasteiger partial charge in [0.15, 0.2) is 5.01 Å². The van der Waals surface area contributed by atoms with Crippen LogP contribution in [0.15, 0.2) is 38.6 Å². The minimum atomic E-state index is -4.86. The highest BCUT2D eigenvalue weighted by molar-refractivity contribution is 7.12. The van der Waals surface area contributed by atoms with Crippen molar-refractivity contribution in [2.75, 3.05) is 0 Å². The van der Waals surface area contributed by atoms with E-state index in [-0.39, 0.29) is 26.2 Å². The van der Waals surface area contributed by atoms with Gasteiger partial charge in [-0.2, -0.15) is 18.3 Å². The molecule has 3 aromatic rings. The highest BCUT2D eigenvalue weighted by Crippen LogP contribution is 2.31. The Kier molecular flexibility index (Phi) is 5.32. The summed E-state index contributed by atoms with van der Waals surface area (Å²) < 4.78 is 41.4. The standard InChI is InChI=1S/C18H16ClF3N4O3S/c1-17(2,3)26-16(29)30-14(23-26)10-7-9(5-6-11(10)19)25-13(27)8-12(18(20,21)22)24(4)15(25)28/h5-8H,1-4H3. The molecule has 0 unspecified atom stereocenters. The van der Waals surface area contributed by atoms with Crippen LogP contribution in [-0.4, -0.2) is 18.9 Å². The first-order valence-electron chi connectivity index (χ1n) is 8.53. The fourth-order valence-corrected chi connectivity index (χ4v) is 3.99. The van der Waals surface area contributed by atoms with Gasteiger partial charge in [0, 0.05) is 18.7 Å². The van der Waals surface area contributed by atoms with Gasteiger partial charge in [0.1, 0.15) is 5.69 Å². The van der Waals surface area contributed by atoms with Crippen LogP contribution in [0.1, 0.15) is 26.5 Å². The van der Waals surface area contributed by atoms with E-state index in [1.165, 1.54) is 22.9 Å². The zero-order valence-corrected chi connectivity index (χ0v) is 17.8. The van der Waals surface area contributed by atoms with Crippen molar-refractivity contribution in [2.24, 2.45) is 7.05 Å². The monoisotopic (exact) mass is 460 g/mol. The number of nitrogens with zero attached hydrogens (tertiary/aromatic N) is 4. The summed E-state index contributed by atoms with van der Waals surface area (Å²) in [5.74, 6) is 0. The number of hydrogen-bond donors (Lipinski definition) is 0. The first-order chi connectivity index (χ1) is 13.7. The van der Waals surface area contributed by atoms with Crippen molar-refractivity contribution in [1.29, 1.82) is 0 Å². The van der Waals surface area contributed by atoms with Gasteiger partial charge in [0.2, 0.25) is 0 Å². The van der Waals surface area contributed by atoms with Crippen LogP contribution < -0.4 is 16.1 Å². The fraction of sp³-hybridized carbons (Fsp3) is 0.333. The van der Waals surface area contributed by atoms with Crippen LogP contribution in [0, 0.1) is 0 Å². The number of aromatic nitrogens is 4. The lowest BCUT2D eigenvalue weighted by atomic mass is 10.1. The number of alkyl halides is 3. The van der Waals surface area contributed by atoms with Crippen LogP contribution in [0.3, 0.4) is 0 Å². The molecule has 160 valence electrons. The molecule has 0 aliphatic carbocycles. The molecule has 0 N–H and O–H groups in total. The van der Waals surface area contributed by atoms with Gasteiger partial charge in [-0.3, -0.25) is 14.2 Å². The first-order valence-corrected chi connectivity index (χ1v) is 9.72. The lowest BCUT2D eigenvalue weighted by molar-refractivity contribution is -0.144. The van der Waals surface area contributed by atoms with Crippen molar-refractivity contribution >= 4 is 22.9 Å². The highest BCUT2D eigenvalue weighted by Gasteiger charge is 2.35. The average molecular weight is 461 g/mol. The molecule has 0 radical (unpaired) electrons. The molecule has 0 atom stereocenters. The van der Waals surface area contributed by atoms with E-state index in [1.54, 1.807) is 20.8 Å². The summed E-state index contributed by atoms with van der Waals surface area (Å²) in [4.78, 5) is 36.8. The molecule has 0 spiro atoms. The van der Waals surface area contributed by atoms with Gasteiger partial charge in [0.25, 0.3) is 5.56 Å². The van der Waals surface area contributed by atoms with Gasteiger partial charge in [-0.1, -0.05) is 22.9 Å². The summed E-state index contributed by atoms with van der Waals surface area (Å²) in [5.41, 5.74) is -3.99. The second-order valence-electron chi connectivity index (χ2n) is 7.46. The Balaban J connectivity index is 2.23. The minimum absolute atomic E-state index is 0.00122. The van der Waals surface area contributed by atoms with Gasteiger partial charge in [-0.05, 0) is 39.0 Å². The largest absolute Gasteiger partial charge is 0.431 e. The molecule has 2 aromatic heterocycles. The van der Waals surface area contributed by atoms with E-state index in [1.807, 2.05) is 0 Å². The van der Waals surface area contributed by atoms with Crippen LogP contribution in [0.5, 0.6) is 0 Å². The Morgan fingerprint density at radius 2 is 1.70 bits per heavy atom. The molecular formula is C18H16ClF3N4O3S. The van der Waals surface area contributed by atoms with Crippen LogP contribution >= 0.6 is 22.9 Å². The van der Waals surface area contributed by atoms with Crippen molar-refractivity contribution in [2.45, 2.75) is 32.5 Å². The minimum Gasteiger partial charge on any atom is -0.292 e. The highest BCUT2D eigenvalue weighted by atomic mass is 35.5. The van der Waals surface area contributed by atoms with Crippen molar-refractivity contribution in [3.8, 4) is 16.3 Å². The molecular weight excluding hydrogens is 445 g/mol. The maximum Gasteiger partial charge on any atom is 0.431 e. The van der Waals surface area contributed by atoms with Crippen LogP contribution in [0.25, 0.3) is 16.3 Å². The number of benzene rings is 1. The summed E-state index contributed by atoms with van der Waals surface area (Å²) >= 11 is 7.05. The maximum atomic E-state index is 13.1. The third-order valence-electron chi connectivity index (χ3n) is 4.23. The fourth-order valence-electron chi connectivity index (χ4n) is 2.76. The third-order valence-corrected chi connectivity index (χ3v) is 5.40. The molecule has 7 nitrogen and oxygen atoms in total. The molecule has 0 aliphatic heterocycles.